The Morgan fingerprint density at radius 1 is 1.17 bits per heavy atom. The molecular weight excluding hydrogens is 304 g/mol. The van der Waals surface area contributed by atoms with Crippen LogP contribution in [0.15, 0.2) is 29.4 Å². The fourth-order valence-corrected chi connectivity index (χ4v) is 3.23. The maximum Gasteiger partial charge on any atom is 0.253 e. The van der Waals surface area contributed by atoms with E-state index >= 15 is 0 Å². The molecule has 0 aromatic heterocycles. The maximum absolute atomic E-state index is 12.6. The van der Waals surface area contributed by atoms with Crippen LogP contribution in [0.3, 0.4) is 0 Å². The molecule has 6 nitrogen and oxygen atoms in total. The number of carbonyl (C=O) groups excluding carboxylic acids is 1. The van der Waals surface area contributed by atoms with E-state index in [1.807, 2.05) is 41.1 Å². The Labute approximate surface area is 143 Å². The minimum absolute atomic E-state index is 0.0827. The molecule has 24 heavy (non-hydrogen) atoms. The van der Waals surface area contributed by atoms with Crippen LogP contribution in [0, 0.1) is 0 Å². The van der Waals surface area contributed by atoms with Gasteiger partial charge in [0.15, 0.2) is 0 Å². The Kier molecular flexibility index (Phi) is 5.16. The van der Waals surface area contributed by atoms with E-state index < -0.39 is 0 Å². The molecule has 0 saturated carbocycles. The molecule has 2 heterocycles. The van der Waals surface area contributed by atoms with Gasteiger partial charge in [0.25, 0.3) is 5.91 Å². The van der Waals surface area contributed by atoms with E-state index in [1.54, 1.807) is 6.92 Å². The first-order chi connectivity index (χ1) is 11.5. The summed E-state index contributed by atoms with van der Waals surface area (Å²) >= 11 is 0. The van der Waals surface area contributed by atoms with E-state index in [-0.39, 0.29) is 12.0 Å². The number of β-amino-alcohol motifs (C(OH)–C–C–N with tert-alkyl or cyclic N) is 1. The summed E-state index contributed by atoms with van der Waals surface area (Å²) in [5, 5.41) is 15.9. The normalized spacial score (nSPS) is 20.2. The van der Waals surface area contributed by atoms with Crippen LogP contribution >= 0.6 is 0 Å². The Morgan fingerprint density at radius 2 is 1.83 bits per heavy atom. The summed E-state index contributed by atoms with van der Waals surface area (Å²) in [5.74, 6) is 0.0827. The Morgan fingerprint density at radius 3 is 2.38 bits per heavy atom. The van der Waals surface area contributed by atoms with Gasteiger partial charge in [0, 0.05) is 57.0 Å². The molecular formula is C18H26N4O2. The summed E-state index contributed by atoms with van der Waals surface area (Å²) in [5.41, 5.74) is 2.90. The lowest BCUT2D eigenvalue weighted by Crippen LogP contribution is -2.50. The molecule has 0 spiro atoms. The number of aliphatic hydroxyl groups is 1. The van der Waals surface area contributed by atoms with Crippen molar-refractivity contribution in [3.8, 4) is 0 Å². The number of hydrogen-bond acceptors (Lipinski definition) is 5. The molecule has 1 atom stereocenters. The van der Waals surface area contributed by atoms with E-state index in [0.29, 0.717) is 19.6 Å². The second kappa shape index (κ2) is 7.32. The first-order valence-electron chi connectivity index (χ1n) is 8.64. The smallest absolute Gasteiger partial charge is 0.253 e. The van der Waals surface area contributed by atoms with Crippen molar-refractivity contribution in [3.63, 3.8) is 0 Å². The third-order valence-electron chi connectivity index (χ3n) is 4.57. The molecule has 1 aromatic carbocycles. The quantitative estimate of drug-likeness (QED) is 0.907. The lowest BCUT2D eigenvalue weighted by atomic mass is 10.1. The summed E-state index contributed by atoms with van der Waals surface area (Å²) in [6.07, 6.45) is 0.675. The number of amides is 1. The van der Waals surface area contributed by atoms with E-state index in [2.05, 4.69) is 10.0 Å². The fourth-order valence-electron chi connectivity index (χ4n) is 3.23. The zero-order valence-electron chi connectivity index (χ0n) is 14.5. The van der Waals surface area contributed by atoms with E-state index in [4.69, 9.17) is 0 Å². The number of piperazine rings is 1. The predicted molar refractivity (Wildman–Crippen MR) is 95.5 cm³/mol. The van der Waals surface area contributed by atoms with Crippen molar-refractivity contribution < 1.29 is 9.90 Å². The van der Waals surface area contributed by atoms with Crippen LogP contribution in [0.5, 0.6) is 0 Å². The zero-order chi connectivity index (χ0) is 17.1. The molecule has 0 bridgehead atoms. The second-order valence-corrected chi connectivity index (χ2v) is 6.70. The van der Waals surface area contributed by atoms with E-state index in [9.17, 15) is 9.90 Å². The van der Waals surface area contributed by atoms with Gasteiger partial charge in [0.1, 0.15) is 0 Å². The number of carbonyl (C=O) groups is 1. The van der Waals surface area contributed by atoms with Gasteiger partial charge in [-0.2, -0.15) is 5.10 Å². The highest BCUT2D eigenvalue weighted by atomic mass is 16.3. The second-order valence-electron chi connectivity index (χ2n) is 6.70. The van der Waals surface area contributed by atoms with Crippen LogP contribution in [-0.4, -0.2) is 71.9 Å². The van der Waals surface area contributed by atoms with Crippen molar-refractivity contribution in [2.45, 2.75) is 26.4 Å². The van der Waals surface area contributed by atoms with E-state index in [1.165, 1.54) is 0 Å². The number of anilines is 1. The van der Waals surface area contributed by atoms with Crippen LogP contribution in [0.1, 0.15) is 30.6 Å². The number of hydrogen-bond donors (Lipinski definition) is 1. The summed E-state index contributed by atoms with van der Waals surface area (Å²) < 4.78 is 0. The highest BCUT2D eigenvalue weighted by Crippen LogP contribution is 2.20. The Balaban J connectivity index is 1.58. The van der Waals surface area contributed by atoms with Crippen molar-refractivity contribution in [1.29, 1.82) is 0 Å². The first-order valence-corrected chi connectivity index (χ1v) is 8.64. The maximum atomic E-state index is 12.6. The third-order valence-corrected chi connectivity index (χ3v) is 4.57. The lowest BCUT2D eigenvalue weighted by molar-refractivity contribution is 0.0554. The first kappa shape index (κ1) is 16.9. The average Bonchev–Trinajstić information content (AvgIpc) is 3.01. The molecule has 0 unspecified atom stereocenters. The van der Waals surface area contributed by atoms with Gasteiger partial charge in [0.2, 0.25) is 0 Å². The molecule has 1 amide bonds. The third kappa shape index (κ3) is 3.94. The lowest BCUT2D eigenvalue weighted by Gasteiger charge is -2.35. The van der Waals surface area contributed by atoms with Crippen molar-refractivity contribution in [2.75, 3.05) is 44.3 Å². The van der Waals surface area contributed by atoms with Gasteiger partial charge in [-0.3, -0.25) is 14.7 Å². The van der Waals surface area contributed by atoms with Crippen LogP contribution in [0.4, 0.5) is 5.69 Å². The van der Waals surface area contributed by atoms with Gasteiger partial charge >= 0.3 is 0 Å². The van der Waals surface area contributed by atoms with Gasteiger partial charge in [-0.25, -0.2) is 0 Å². The molecule has 0 radical (unpaired) electrons. The number of rotatable bonds is 4. The SMILES string of the molecule is CC1=NN(c2ccc(C(=O)N3CCN(C[C@H](C)O)CC3)cc2)CC1. The minimum Gasteiger partial charge on any atom is -0.392 e. The minimum atomic E-state index is -0.323. The van der Waals surface area contributed by atoms with Gasteiger partial charge in [-0.1, -0.05) is 0 Å². The summed E-state index contributed by atoms with van der Waals surface area (Å²) in [4.78, 5) is 16.7. The number of nitrogens with zero attached hydrogens (tertiary/aromatic N) is 4. The molecule has 2 aliphatic rings. The average molecular weight is 330 g/mol. The topological polar surface area (TPSA) is 59.4 Å². The standard InChI is InChI=1S/C18H26N4O2/c1-14-7-8-22(19-14)17-5-3-16(4-6-17)18(24)21-11-9-20(10-12-21)13-15(2)23/h3-6,15,23H,7-13H2,1-2H3/t15-/m0/s1. The molecule has 6 heteroatoms. The Bertz CT molecular complexity index is 604. The van der Waals surface area contributed by atoms with Crippen molar-refractivity contribution >= 4 is 17.3 Å². The highest BCUT2D eigenvalue weighted by molar-refractivity contribution is 5.94. The van der Waals surface area contributed by atoms with Crippen LogP contribution in [0.25, 0.3) is 0 Å². The molecule has 2 aliphatic heterocycles. The van der Waals surface area contributed by atoms with Crippen molar-refractivity contribution in [1.82, 2.24) is 9.80 Å². The number of benzene rings is 1. The highest BCUT2D eigenvalue weighted by Gasteiger charge is 2.23. The molecule has 130 valence electrons. The number of hydrazone groups is 1. The van der Waals surface area contributed by atoms with Crippen molar-refractivity contribution in [3.05, 3.63) is 29.8 Å². The summed E-state index contributed by atoms with van der Waals surface area (Å²) in [6.45, 7) is 8.47. The monoisotopic (exact) mass is 330 g/mol. The van der Waals surface area contributed by atoms with Gasteiger partial charge in [-0.05, 0) is 38.1 Å². The molecule has 1 saturated heterocycles. The predicted octanol–water partition coefficient (Wildman–Crippen LogP) is 1.41. The molecule has 1 fully saturated rings. The largest absolute Gasteiger partial charge is 0.392 e. The Hall–Kier alpha value is -1.92. The fraction of sp³-hybridized carbons (Fsp3) is 0.556. The van der Waals surface area contributed by atoms with Crippen LogP contribution in [0.2, 0.25) is 0 Å². The molecule has 3 rings (SSSR count). The van der Waals surface area contributed by atoms with Crippen LogP contribution in [-0.2, 0) is 0 Å². The van der Waals surface area contributed by atoms with Gasteiger partial charge in [-0.15, -0.1) is 0 Å². The zero-order valence-corrected chi connectivity index (χ0v) is 14.5. The molecule has 1 aromatic rings. The van der Waals surface area contributed by atoms with Gasteiger partial charge < -0.3 is 10.0 Å². The van der Waals surface area contributed by atoms with E-state index in [0.717, 1.165) is 43.0 Å². The summed E-state index contributed by atoms with van der Waals surface area (Å²) in [6, 6.07) is 7.73. The van der Waals surface area contributed by atoms with Crippen LogP contribution < -0.4 is 5.01 Å². The summed E-state index contributed by atoms with van der Waals surface area (Å²) in [7, 11) is 0. The van der Waals surface area contributed by atoms with Crippen molar-refractivity contribution in [2.24, 2.45) is 5.10 Å². The molecule has 1 N–H and O–H groups in total. The molecule has 0 aliphatic carbocycles. The number of aliphatic hydroxyl groups excluding tert-OH is 1. The van der Waals surface area contributed by atoms with Gasteiger partial charge in [0.05, 0.1) is 11.8 Å².